The summed E-state index contributed by atoms with van der Waals surface area (Å²) in [5.74, 6) is 0.757. The number of amides is 2. The molecule has 2 amide bonds. The first-order chi connectivity index (χ1) is 16.5. The molecule has 0 saturated carbocycles. The highest BCUT2D eigenvalue weighted by Gasteiger charge is 2.21. The minimum atomic E-state index is -0.731. The van der Waals surface area contributed by atoms with E-state index in [2.05, 4.69) is 20.6 Å². The Balaban J connectivity index is 1.72. The van der Waals surface area contributed by atoms with E-state index in [0.717, 1.165) is 5.56 Å². The predicted octanol–water partition coefficient (Wildman–Crippen LogP) is 1.36. The molecule has 1 aromatic carbocycles. The van der Waals surface area contributed by atoms with Crippen LogP contribution in [0.5, 0.6) is 11.5 Å². The van der Waals surface area contributed by atoms with E-state index in [1.807, 2.05) is 12.3 Å². The molecule has 34 heavy (non-hydrogen) atoms. The summed E-state index contributed by atoms with van der Waals surface area (Å²) in [7, 11) is 2.97. The minimum Gasteiger partial charge on any atom is -0.493 e. The number of nitrogens with zero attached hydrogens (tertiary/aromatic N) is 3. The first-order valence-electron chi connectivity index (χ1n) is 10.5. The molecule has 180 valence electrons. The number of nitrogens with one attached hydrogen (secondary N) is 2. The number of benzene rings is 1. The lowest BCUT2D eigenvalue weighted by molar-refractivity contribution is -0.129. The molecule has 0 aliphatic rings. The SMILES string of the molecule is COc1cc2ncn(CC(=O)NC(CCSC)C(=O)NCc3cccnc3)c(=O)c2cc1OC. The number of rotatable bonds is 11. The van der Waals surface area contributed by atoms with Gasteiger partial charge < -0.3 is 20.1 Å². The van der Waals surface area contributed by atoms with Gasteiger partial charge in [0.1, 0.15) is 12.6 Å². The van der Waals surface area contributed by atoms with Crippen molar-refractivity contribution in [1.82, 2.24) is 25.2 Å². The van der Waals surface area contributed by atoms with E-state index >= 15 is 0 Å². The average molecular weight is 486 g/mol. The van der Waals surface area contributed by atoms with Gasteiger partial charge in [-0.05, 0) is 36.1 Å². The summed E-state index contributed by atoms with van der Waals surface area (Å²) in [5, 5.41) is 5.86. The van der Waals surface area contributed by atoms with Gasteiger partial charge in [-0.25, -0.2) is 4.98 Å². The smallest absolute Gasteiger partial charge is 0.261 e. The van der Waals surface area contributed by atoms with Gasteiger partial charge in [-0.15, -0.1) is 0 Å². The van der Waals surface area contributed by atoms with Gasteiger partial charge in [0, 0.05) is 25.0 Å². The molecule has 3 rings (SSSR count). The van der Waals surface area contributed by atoms with Crippen LogP contribution in [0, 0.1) is 0 Å². The Morgan fingerprint density at radius 1 is 1.21 bits per heavy atom. The summed E-state index contributed by atoms with van der Waals surface area (Å²) in [6.07, 6.45) is 7.00. The Morgan fingerprint density at radius 2 is 1.97 bits per heavy atom. The summed E-state index contributed by atoms with van der Waals surface area (Å²) in [6, 6.07) is 6.04. The van der Waals surface area contributed by atoms with Gasteiger partial charge in [0.25, 0.3) is 5.56 Å². The number of carbonyl (C=O) groups excluding carboxylic acids is 2. The van der Waals surface area contributed by atoms with Crippen LogP contribution in [-0.4, -0.2) is 58.6 Å². The Labute approximate surface area is 201 Å². The van der Waals surface area contributed by atoms with Gasteiger partial charge >= 0.3 is 0 Å². The lowest BCUT2D eigenvalue weighted by atomic mass is 10.2. The van der Waals surface area contributed by atoms with Crippen molar-refractivity contribution in [1.29, 1.82) is 0 Å². The number of pyridine rings is 1. The Morgan fingerprint density at radius 3 is 2.65 bits per heavy atom. The number of hydrogen-bond acceptors (Lipinski definition) is 8. The van der Waals surface area contributed by atoms with Crippen molar-refractivity contribution >= 4 is 34.5 Å². The van der Waals surface area contributed by atoms with E-state index in [-0.39, 0.29) is 12.5 Å². The maximum Gasteiger partial charge on any atom is 0.261 e. The van der Waals surface area contributed by atoms with Crippen molar-refractivity contribution < 1.29 is 19.1 Å². The maximum absolute atomic E-state index is 12.9. The Hall–Kier alpha value is -3.60. The fourth-order valence-corrected chi connectivity index (χ4v) is 3.78. The molecule has 2 heterocycles. The highest BCUT2D eigenvalue weighted by molar-refractivity contribution is 7.98. The minimum absolute atomic E-state index is 0.276. The number of aromatic nitrogens is 3. The van der Waals surface area contributed by atoms with Crippen LogP contribution in [0.15, 0.2) is 47.8 Å². The molecule has 1 unspecified atom stereocenters. The molecule has 0 radical (unpaired) electrons. The fraction of sp³-hybridized carbons (Fsp3) is 0.348. The lowest BCUT2D eigenvalue weighted by Gasteiger charge is -2.18. The third-order valence-corrected chi connectivity index (χ3v) is 5.74. The zero-order valence-electron chi connectivity index (χ0n) is 19.2. The quantitative estimate of drug-likeness (QED) is 0.417. The summed E-state index contributed by atoms with van der Waals surface area (Å²) in [5.41, 5.74) is 0.876. The van der Waals surface area contributed by atoms with Gasteiger partial charge in [-0.2, -0.15) is 11.8 Å². The van der Waals surface area contributed by atoms with E-state index < -0.39 is 17.5 Å². The molecular formula is C23H27N5O5S. The number of hydrogen-bond donors (Lipinski definition) is 2. The van der Waals surface area contributed by atoms with Gasteiger partial charge in [-0.3, -0.25) is 23.9 Å². The third-order valence-electron chi connectivity index (χ3n) is 5.10. The molecule has 2 N–H and O–H groups in total. The van der Waals surface area contributed by atoms with E-state index in [4.69, 9.17) is 9.47 Å². The van der Waals surface area contributed by atoms with Crippen molar-refractivity contribution in [3.63, 3.8) is 0 Å². The predicted molar refractivity (Wildman–Crippen MR) is 130 cm³/mol. The molecule has 10 nitrogen and oxygen atoms in total. The van der Waals surface area contributed by atoms with Crippen LogP contribution in [0.1, 0.15) is 12.0 Å². The second-order valence-electron chi connectivity index (χ2n) is 7.38. The summed E-state index contributed by atoms with van der Waals surface area (Å²) >= 11 is 1.57. The van der Waals surface area contributed by atoms with Crippen LogP contribution < -0.4 is 25.7 Å². The van der Waals surface area contributed by atoms with Crippen molar-refractivity contribution in [3.8, 4) is 11.5 Å². The molecule has 2 aromatic heterocycles. The number of fused-ring (bicyclic) bond motifs is 1. The van der Waals surface area contributed by atoms with Crippen molar-refractivity contribution in [2.24, 2.45) is 0 Å². The fourth-order valence-electron chi connectivity index (χ4n) is 3.31. The molecule has 0 fully saturated rings. The van der Waals surface area contributed by atoms with Crippen LogP contribution in [0.2, 0.25) is 0 Å². The normalized spacial score (nSPS) is 11.6. The average Bonchev–Trinajstić information content (AvgIpc) is 2.86. The van der Waals surface area contributed by atoms with Crippen LogP contribution in [0.3, 0.4) is 0 Å². The van der Waals surface area contributed by atoms with E-state index in [9.17, 15) is 14.4 Å². The highest BCUT2D eigenvalue weighted by Crippen LogP contribution is 2.29. The zero-order valence-corrected chi connectivity index (χ0v) is 20.1. The molecule has 0 saturated heterocycles. The molecule has 11 heteroatoms. The van der Waals surface area contributed by atoms with Gasteiger partial charge in [-0.1, -0.05) is 6.07 Å². The molecule has 0 bridgehead atoms. The van der Waals surface area contributed by atoms with Crippen molar-refractivity contribution in [2.75, 3.05) is 26.2 Å². The lowest BCUT2D eigenvalue weighted by Crippen LogP contribution is -2.48. The molecule has 3 aromatic rings. The number of methoxy groups -OCH3 is 2. The van der Waals surface area contributed by atoms with Crippen molar-refractivity contribution in [2.45, 2.75) is 25.6 Å². The largest absolute Gasteiger partial charge is 0.493 e. The highest BCUT2D eigenvalue weighted by atomic mass is 32.2. The molecule has 1 atom stereocenters. The molecule has 0 aliphatic carbocycles. The molecule has 0 aliphatic heterocycles. The monoisotopic (exact) mass is 485 g/mol. The molecular weight excluding hydrogens is 458 g/mol. The third kappa shape index (κ3) is 6.25. The van der Waals surface area contributed by atoms with Gasteiger partial charge in [0.2, 0.25) is 11.8 Å². The number of carbonyl (C=O) groups is 2. The van der Waals surface area contributed by atoms with Crippen LogP contribution in [0.25, 0.3) is 10.9 Å². The summed E-state index contributed by atoms with van der Waals surface area (Å²) in [6.45, 7) is 0.0272. The van der Waals surface area contributed by atoms with Crippen LogP contribution in [0.4, 0.5) is 0 Å². The van der Waals surface area contributed by atoms with Crippen LogP contribution >= 0.6 is 11.8 Å². The second-order valence-corrected chi connectivity index (χ2v) is 8.37. The van der Waals surface area contributed by atoms with E-state index in [1.54, 1.807) is 36.3 Å². The summed E-state index contributed by atoms with van der Waals surface area (Å²) in [4.78, 5) is 46.7. The number of thioether (sulfide) groups is 1. The van der Waals surface area contributed by atoms with Gasteiger partial charge in [0.05, 0.1) is 31.4 Å². The maximum atomic E-state index is 12.9. The topological polar surface area (TPSA) is 124 Å². The standard InChI is InChI=1S/C23H27N5O5S/c1-32-19-9-16-18(10-20(19)33-2)26-14-28(23(16)31)13-21(29)27-17(6-8-34-3)22(30)25-12-15-5-4-7-24-11-15/h4-5,7,9-11,14,17H,6,8,12-13H2,1-3H3,(H,25,30)(H,27,29). The van der Waals surface area contributed by atoms with E-state index in [0.29, 0.717) is 41.1 Å². The van der Waals surface area contributed by atoms with Crippen LogP contribution in [-0.2, 0) is 22.7 Å². The first-order valence-corrected chi connectivity index (χ1v) is 11.9. The van der Waals surface area contributed by atoms with Gasteiger partial charge in [0.15, 0.2) is 11.5 Å². The zero-order chi connectivity index (χ0) is 24.5. The van der Waals surface area contributed by atoms with E-state index in [1.165, 1.54) is 31.2 Å². The second kappa shape index (κ2) is 12.0. The Kier molecular flexibility index (Phi) is 8.86. The molecule has 0 spiro atoms. The first kappa shape index (κ1) is 25.0. The summed E-state index contributed by atoms with van der Waals surface area (Å²) < 4.78 is 11.7. The van der Waals surface area contributed by atoms with Crippen molar-refractivity contribution in [3.05, 3.63) is 58.9 Å². The Bertz CT molecular complexity index is 1200. The number of ether oxygens (including phenoxy) is 2.